The lowest BCUT2D eigenvalue weighted by Crippen LogP contribution is -2.45. The Hall–Kier alpha value is -3.87. The summed E-state index contributed by atoms with van der Waals surface area (Å²) in [5, 5.41) is 5.86. The zero-order valence-corrected chi connectivity index (χ0v) is 19.9. The lowest BCUT2D eigenvalue weighted by molar-refractivity contribution is -0.130. The monoisotopic (exact) mass is 445 g/mol. The van der Waals surface area contributed by atoms with Crippen LogP contribution >= 0.6 is 0 Å². The molecule has 7 nitrogen and oxygen atoms in total. The minimum Gasteiger partial charge on any atom is -0.347 e. The standard InChI is InChI=1S/C26H31N5O2/c1-17-12-19(3)23(13-18(17)2)29-26-28-20(4)22(25(33)27-14-24(32)30(5)6)16-31(26)15-21-10-8-7-9-11-21/h7-13,16H,4,14-15H2,1-3,5-6H3,(H,27,33)(H,28,29). The number of carbonyl (C=O) groups excluding carboxylic acids is 2. The second-order valence-corrected chi connectivity index (χ2v) is 8.39. The van der Waals surface area contributed by atoms with Crippen molar-refractivity contribution in [3.05, 3.63) is 88.8 Å². The van der Waals surface area contributed by atoms with Gasteiger partial charge in [-0.15, -0.1) is 0 Å². The highest BCUT2D eigenvalue weighted by Gasteiger charge is 2.25. The van der Waals surface area contributed by atoms with Gasteiger partial charge in [0.1, 0.15) is 0 Å². The number of aryl methyl sites for hydroxylation is 3. The van der Waals surface area contributed by atoms with Crippen molar-refractivity contribution in [3.8, 4) is 0 Å². The van der Waals surface area contributed by atoms with E-state index in [1.165, 1.54) is 10.5 Å². The highest BCUT2D eigenvalue weighted by atomic mass is 16.2. The van der Waals surface area contributed by atoms with E-state index in [0.29, 0.717) is 23.8 Å². The van der Waals surface area contributed by atoms with Crippen molar-refractivity contribution < 1.29 is 9.59 Å². The van der Waals surface area contributed by atoms with Gasteiger partial charge in [-0.1, -0.05) is 43.0 Å². The van der Waals surface area contributed by atoms with Crippen LogP contribution in [0.4, 0.5) is 5.69 Å². The first kappa shape index (κ1) is 23.8. The Morgan fingerprint density at radius 1 is 1.06 bits per heavy atom. The van der Waals surface area contributed by atoms with Crippen LogP contribution in [0.2, 0.25) is 0 Å². The molecule has 7 heteroatoms. The van der Waals surface area contributed by atoms with Gasteiger partial charge >= 0.3 is 0 Å². The molecule has 0 unspecified atom stereocenters. The molecular weight excluding hydrogens is 414 g/mol. The third kappa shape index (κ3) is 5.88. The highest BCUT2D eigenvalue weighted by Crippen LogP contribution is 2.25. The summed E-state index contributed by atoms with van der Waals surface area (Å²) >= 11 is 0. The van der Waals surface area contributed by atoms with Crippen molar-refractivity contribution in [2.75, 3.05) is 20.6 Å². The number of carbonyl (C=O) groups is 2. The smallest absolute Gasteiger partial charge is 0.255 e. The summed E-state index contributed by atoms with van der Waals surface area (Å²) in [6.45, 7) is 10.6. The summed E-state index contributed by atoms with van der Waals surface area (Å²) in [6, 6.07) is 14.1. The lowest BCUT2D eigenvalue weighted by Gasteiger charge is -2.30. The SMILES string of the molecule is C=C1NC(=Nc2cc(C)c(C)cc2C)N(Cc2ccccc2)C=C1C(=O)NCC(=O)N(C)C. The predicted octanol–water partition coefficient (Wildman–Crippen LogP) is 3.31. The Morgan fingerprint density at radius 2 is 1.73 bits per heavy atom. The number of hydrogen-bond donors (Lipinski definition) is 2. The molecule has 2 N–H and O–H groups in total. The molecule has 0 spiro atoms. The fourth-order valence-electron chi connectivity index (χ4n) is 3.35. The van der Waals surface area contributed by atoms with Crippen LogP contribution in [0.15, 0.2) is 71.5 Å². The Balaban J connectivity index is 1.95. The maximum absolute atomic E-state index is 12.8. The van der Waals surface area contributed by atoms with Gasteiger partial charge in [0.2, 0.25) is 11.9 Å². The van der Waals surface area contributed by atoms with Gasteiger partial charge in [0, 0.05) is 26.0 Å². The van der Waals surface area contributed by atoms with Gasteiger partial charge in [0.15, 0.2) is 0 Å². The Labute approximate surface area is 195 Å². The van der Waals surface area contributed by atoms with Crippen molar-refractivity contribution in [1.82, 2.24) is 20.4 Å². The van der Waals surface area contributed by atoms with Gasteiger partial charge in [-0.25, -0.2) is 4.99 Å². The van der Waals surface area contributed by atoms with Crippen LogP contribution in [0.25, 0.3) is 0 Å². The number of benzene rings is 2. The Morgan fingerprint density at radius 3 is 2.39 bits per heavy atom. The molecule has 0 saturated carbocycles. The number of nitrogens with one attached hydrogen (secondary N) is 2. The number of hydrogen-bond acceptors (Lipinski definition) is 3. The van der Waals surface area contributed by atoms with Crippen molar-refractivity contribution in [2.24, 2.45) is 4.99 Å². The van der Waals surface area contributed by atoms with Gasteiger partial charge in [0.05, 0.1) is 24.4 Å². The molecule has 2 aromatic rings. The number of likely N-dealkylation sites (N-methyl/N-ethyl adjacent to an activating group) is 1. The maximum Gasteiger partial charge on any atom is 0.255 e. The molecule has 0 fully saturated rings. The topological polar surface area (TPSA) is 77.0 Å². The summed E-state index contributed by atoms with van der Waals surface area (Å²) in [6.07, 6.45) is 1.73. The van der Waals surface area contributed by atoms with Crippen molar-refractivity contribution >= 4 is 23.5 Å². The molecule has 0 aromatic heterocycles. The van der Waals surface area contributed by atoms with Gasteiger partial charge in [-0.2, -0.15) is 0 Å². The molecule has 172 valence electrons. The van der Waals surface area contributed by atoms with Crippen molar-refractivity contribution in [3.63, 3.8) is 0 Å². The molecule has 1 aliphatic heterocycles. The number of guanidine groups is 1. The molecule has 0 aliphatic carbocycles. The molecule has 3 rings (SSSR count). The average Bonchev–Trinajstić information content (AvgIpc) is 2.77. The fourth-order valence-corrected chi connectivity index (χ4v) is 3.35. The number of amides is 2. The van der Waals surface area contributed by atoms with Gasteiger partial charge in [-0.05, 0) is 49.1 Å². The number of aliphatic imine (C=N–C) groups is 1. The van der Waals surface area contributed by atoms with Gasteiger partial charge in [0.25, 0.3) is 5.91 Å². The molecule has 0 saturated heterocycles. The molecule has 0 atom stereocenters. The van der Waals surface area contributed by atoms with Crippen LogP contribution in [-0.2, 0) is 16.1 Å². The molecule has 1 aliphatic rings. The maximum atomic E-state index is 12.8. The van der Waals surface area contributed by atoms with Crippen molar-refractivity contribution in [1.29, 1.82) is 0 Å². The van der Waals surface area contributed by atoms with E-state index < -0.39 is 0 Å². The van der Waals surface area contributed by atoms with E-state index in [1.807, 2.05) is 42.2 Å². The molecule has 2 aromatic carbocycles. The van der Waals surface area contributed by atoms with Crippen LogP contribution in [0.1, 0.15) is 22.3 Å². The summed E-state index contributed by atoms with van der Waals surface area (Å²) in [5.41, 5.74) is 6.13. The van der Waals surface area contributed by atoms with E-state index in [-0.39, 0.29) is 18.4 Å². The number of nitrogens with zero attached hydrogens (tertiary/aromatic N) is 3. The lowest BCUT2D eigenvalue weighted by atomic mass is 10.1. The summed E-state index contributed by atoms with van der Waals surface area (Å²) in [5.74, 6) is 0.0187. The van der Waals surface area contributed by atoms with E-state index >= 15 is 0 Å². The van der Waals surface area contributed by atoms with Crippen LogP contribution < -0.4 is 10.6 Å². The molecule has 1 heterocycles. The van der Waals surface area contributed by atoms with Crippen LogP contribution in [0, 0.1) is 20.8 Å². The van der Waals surface area contributed by atoms with Crippen molar-refractivity contribution in [2.45, 2.75) is 27.3 Å². The van der Waals surface area contributed by atoms with Gasteiger partial charge < -0.3 is 20.4 Å². The third-order valence-electron chi connectivity index (χ3n) is 5.52. The molecule has 0 radical (unpaired) electrons. The third-order valence-corrected chi connectivity index (χ3v) is 5.52. The minimum absolute atomic E-state index is 0.0854. The van der Waals surface area contributed by atoms with E-state index in [1.54, 1.807) is 20.3 Å². The van der Waals surface area contributed by atoms with E-state index in [4.69, 9.17) is 4.99 Å². The Bertz CT molecular complexity index is 1130. The number of rotatable bonds is 6. The minimum atomic E-state index is -0.373. The highest BCUT2D eigenvalue weighted by molar-refractivity contribution is 6.02. The fraction of sp³-hybridized carbons (Fsp3) is 0.269. The molecule has 2 amide bonds. The van der Waals surface area contributed by atoms with Gasteiger partial charge in [-0.3, -0.25) is 9.59 Å². The first-order valence-electron chi connectivity index (χ1n) is 10.8. The second-order valence-electron chi connectivity index (χ2n) is 8.39. The molecular formula is C26H31N5O2. The molecule has 33 heavy (non-hydrogen) atoms. The first-order valence-corrected chi connectivity index (χ1v) is 10.8. The largest absolute Gasteiger partial charge is 0.347 e. The molecule has 0 bridgehead atoms. The average molecular weight is 446 g/mol. The summed E-state index contributed by atoms with van der Waals surface area (Å²) in [7, 11) is 3.29. The normalized spacial score (nSPS) is 14.6. The summed E-state index contributed by atoms with van der Waals surface area (Å²) < 4.78 is 0. The van der Waals surface area contributed by atoms with Crippen LogP contribution in [0.3, 0.4) is 0 Å². The van der Waals surface area contributed by atoms with E-state index in [2.05, 4.69) is 43.2 Å². The predicted molar refractivity (Wildman–Crippen MR) is 132 cm³/mol. The quantitative estimate of drug-likeness (QED) is 0.715. The van der Waals surface area contributed by atoms with E-state index in [0.717, 1.165) is 22.4 Å². The first-order chi connectivity index (χ1) is 15.7. The Kier molecular flexibility index (Phi) is 7.33. The zero-order chi connectivity index (χ0) is 24.1. The summed E-state index contributed by atoms with van der Waals surface area (Å²) in [4.78, 5) is 32.9. The van der Waals surface area contributed by atoms with Crippen LogP contribution in [0.5, 0.6) is 0 Å². The van der Waals surface area contributed by atoms with E-state index in [9.17, 15) is 9.59 Å². The van der Waals surface area contributed by atoms with Crippen LogP contribution in [-0.4, -0.2) is 48.2 Å². The zero-order valence-electron chi connectivity index (χ0n) is 19.9. The second kappa shape index (κ2) is 10.2.